The second-order valence-electron chi connectivity index (χ2n) is 5.14. The summed E-state index contributed by atoms with van der Waals surface area (Å²) in [5.74, 6) is 0. The third-order valence-corrected chi connectivity index (χ3v) is 3.72. The van der Waals surface area contributed by atoms with Crippen molar-refractivity contribution in [3.05, 3.63) is 32.6 Å². The van der Waals surface area contributed by atoms with Gasteiger partial charge in [-0.15, -0.1) is 0 Å². The van der Waals surface area contributed by atoms with E-state index in [0.717, 1.165) is 17.4 Å². The molecule has 0 amide bonds. The first-order valence-corrected chi connectivity index (χ1v) is 6.07. The molecule has 1 saturated carbocycles. The summed E-state index contributed by atoms with van der Waals surface area (Å²) in [5, 5.41) is 12.4. The van der Waals surface area contributed by atoms with Gasteiger partial charge in [0.25, 0.3) is 5.56 Å². The Labute approximate surface area is 105 Å². The van der Waals surface area contributed by atoms with Gasteiger partial charge in [0, 0.05) is 51.0 Å². The molecule has 1 aliphatic rings. The van der Waals surface area contributed by atoms with Crippen molar-refractivity contribution in [2.75, 3.05) is 13.2 Å². The van der Waals surface area contributed by atoms with E-state index in [9.17, 15) is 14.7 Å². The number of nitrogens with zero attached hydrogens (tertiary/aromatic N) is 2. The van der Waals surface area contributed by atoms with E-state index in [1.54, 1.807) is 7.05 Å². The second kappa shape index (κ2) is 4.70. The third-order valence-electron chi connectivity index (χ3n) is 3.72. The number of aliphatic hydroxyl groups excluding tert-OH is 1. The monoisotopic (exact) mass is 253 g/mol. The minimum Gasteiger partial charge on any atom is -0.396 e. The van der Waals surface area contributed by atoms with Gasteiger partial charge >= 0.3 is 5.69 Å². The Morgan fingerprint density at radius 3 is 2.56 bits per heavy atom. The maximum Gasteiger partial charge on any atom is 0.330 e. The molecule has 6 nitrogen and oxygen atoms in total. The summed E-state index contributed by atoms with van der Waals surface area (Å²) in [6.45, 7) is 1.37. The highest BCUT2D eigenvalue weighted by Gasteiger charge is 2.41. The molecule has 2 N–H and O–H groups in total. The summed E-state index contributed by atoms with van der Waals surface area (Å²) in [5.41, 5.74) is 0.0798. The number of nitrogens with one attached hydrogen (secondary N) is 1. The minimum absolute atomic E-state index is 0.0264. The fraction of sp³-hybridized carbons (Fsp3) is 0.667. The predicted molar refractivity (Wildman–Crippen MR) is 67.4 cm³/mol. The van der Waals surface area contributed by atoms with Gasteiger partial charge in [-0.2, -0.15) is 0 Å². The van der Waals surface area contributed by atoms with Crippen molar-refractivity contribution < 1.29 is 5.11 Å². The van der Waals surface area contributed by atoms with E-state index in [1.165, 1.54) is 17.7 Å². The fourth-order valence-corrected chi connectivity index (χ4v) is 1.97. The van der Waals surface area contributed by atoms with E-state index in [2.05, 4.69) is 5.32 Å². The highest BCUT2D eigenvalue weighted by atomic mass is 16.3. The molecule has 1 aromatic rings. The summed E-state index contributed by atoms with van der Waals surface area (Å²) in [7, 11) is 3.12. The highest BCUT2D eigenvalue weighted by Crippen LogP contribution is 2.44. The van der Waals surface area contributed by atoms with Gasteiger partial charge in [0.15, 0.2) is 0 Å². The first-order chi connectivity index (χ1) is 8.49. The number of hydrogen-bond acceptors (Lipinski definition) is 4. The molecule has 0 bridgehead atoms. The highest BCUT2D eigenvalue weighted by molar-refractivity contribution is 5.03. The summed E-state index contributed by atoms with van der Waals surface area (Å²) in [6, 6.07) is 1.47. The average Bonchev–Trinajstić information content (AvgIpc) is 3.13. The zero-order valence-electron chi connectivity index (χ0n) is 10.8. The first kappa shape index (κ1) is 13.0. The number of rotatable bonds is 5. The van der Waals surface area contributed by atoms with E-state index in [-0.39, 0.29) is 23.3 Å². The molecular formula is C12H19N3O3. The summed E-state index contributed by atoms with van der Waals surface area (Å²) < 4.78 is 2.55. The van der Waals surface area contributed by atoms with Crippen molar-refractivity contribution in [3.8, 4) is 0 Å². The van der Waals surface area contributed by atoms with Crippen LogP contribution in [0, 0.1) is 5.41 Å². The lowest BCUT2D eigenvalue weighted by atomic mass is 10.1. The van der Waals surface area contributed by atoms with Crippen LogP contribution in [-0.4, -0.2) is 27.4 Å². The molecule has 1 aromatic heterocycles. The second-order valence-corrected chi connectivity index (χ2v) is 5.14. The molecule has 1 aliphatic carbocycles. The third kappa shape index (κ3) is 2.39. The van der Waals surface area contributed by atoms with Crippen LogP contribution in [0.15, 0.2) is 15.7 Å². The van der Waals surface area contributed by atoms with Crippen LogP contribution in [0.25, 0.3) is 0 Å². The van der Waals surface area contributed by atoms with Crippen LogP contribution in [0.1, 0.15) is 18.5 Å². The molecular weight excluding hydrogens is 234 g/mol. The van der Waals surface area contributed by atoms with Crippen LogP contribution in [0.5, 0.6) is 0 Å². The van der Waals surface area contributed by atoms with Crippen molar-refractivity contribution >= 4 is 0 Å². The van der Waals surface area contributed by atoms with Gasteiger partial charge < -0.3 is 10.4 Å². The molecule has 100 valence electrons. The zero-order chi connectivity index (χ0) is 13.3. The molecule has 1 heterocycles. The molecule has 0 atom stereocenters. The molecule has 1 fully saturated rings. The normalized spacial score (nSPS) is 16.8. The summed E-state index contributed by atoms with van der Waals surface area (Å²) in [6.07, 6.45) is 2.07. The van der Waals surface area contributed by atoms with E-state index < -0.39 is 0 Å². The van der Waals surface area contributed by atoms with Gasteiger partial charge in [-0.1, -0.05) is 0 Å². The first-order valence-electron chi connectivity index (χ1n) is 6.07. The van der Waals surface area contributed by atoms with Crippen LogP contribution in [0.4, 0.5) is 0 Å². The topological polar surface area (TPSA) is 76.3 Å². The molecule has 0 spiro atoms. The predicted octanol–water partition coefficient (Wildman–Crippen LogP) is -1.05. The Morgan fingerprint density at radius 1 is 1.33 bits per heavy atom. The van der Waals surface area contributed by atoms with Gasteiger partial charge in [0.1, 0.15) is 0 Å². The summed E-state index contributed by atoms with van der Waals surface area (Å²) in [4.78, 5) is 23.2. The zero-order valence-corrected chi connectivity index (χ0v) is 10.8. The standard InChI is InChI=1S/C12H19N3O3/c1-14-9(5-10(17)15(2)11(14)18)6-13-7-12(8-16)3-4-12/h5,13,16H,3-4,6-8H2,1-2H3. The Balaban J connectivity index is 2.06. The quantitative estimate of drug-likeness (QED) is 0.702. The van der Waals surface area contributed by atoms with E-state index in [4.69, 9.17) is 0 Å². The van der Waals surface area contributed by atoms with Crippen molar-refractivity contribution in [2.24, 2.45) is 19.5 Å². The van der Waals surface area contributed by atoms with Gasteiger partial charge in [-0.05, 0) is 12.8 Å². The van der Waals surface area contributed by atoms with Crippen LogP contribution >= 0.6 is 0 Å². The number of hydrogen-bond donors (Lipinski definition) is 2. The molecule has 6 heteroatoms. The number of aromatic nitrogens is 2. The molecule has 0 radical (unpaired) electrons. The molecule has 0 aliphatic heterocycles. The maximum atomic E-state index is 11.7. The fourth-order valence-electron chi connectivity index (χ4n) is 1.97. The Morgan fingerprint density at radius 2 is 2.00 bits per heavy atom. The van der Waals surface area contributed by atoms with Crippen molar-refractivity contribution in [1.29, 1.82) is 0 Å². The van der Waals surface area contributed by atoms with Gasteiger partial charge in [-0.25, -0.2) is 4.79 Å². The van der Waals surface area contributed by atoms with Crippen LogP contribution in [0.2, 0.25) is 0 Å². The number of aliphatic hydroxyl groups is 1. The molecule has 18 heavy (non-hydrogen) atoms. The van der Waals surface area contributed by atoms with Gasteiger partial charge in [0.05, 0.1) is 0 Å². The summed E-state index contributed by atoms with van der Waals surface area (Å²) >= 11 is 0. The van der Waals surface area contributed by atoms with Crippen LogP contribution in [-0.2, 0) is 20.6 Å². The van der Waals surface area contributed by atoms with Crippen molar-refractivity contribution in [1.82, 2.24) is 14.5 Å². The largest absolute Gasteiger partial charge is 0.396 e. The average molecular weight is 253 g/mol. The van der Waals surface area contributed by atoms with Crippen LogP contribution in [0.3, 0.4) is 0 Å². The molecule has 0 saturated heterocycles. The Hall–Kier alpha value is -1.40. The SMILES string of the molecule is Cn1c(CNCC2(CO)CC2)cc(=O)n(C)c1=O. The van der Waals surface area contributed by atoms with E-state index >= 15 is 0 Å². The minimum atomic E-state index is -0.317. The maximum absolute atomic E-state index is 11.7. The molecule has 2 rings (SSSR count). The molecule has 0 unspecified atom stereocenters. The molecule has 0 aromatic carbocycles. The van der Waals surface area contributed by atoms with E-state index in [0.29, 0.717) is 18.8 Å². The Bertz CT molecular complexity index is 555. The van der Waals surface area contributed by atoms with Crippen LogP contribution < -0.4 is 16.6 Å². The Kier molecular flexibility index (Phi) is 3.41. The lowest BCUT2D eigenvalue weighted by Crippen LogP contribution is -2.39. The lowest BCUT2D eigenvalue weighted by molar-refractivity contribution is 0.207. The van der Waals surface area contributed by atoms with Gasteiger partial charge in [-0.3, -0.25) is 13.9 Å². The van der Waals surface area contributed by atoms with E-state index in [1.807, 2.05) is 0 Å². The van der Waals surface area contributed by atoms with Crippen molar-refractivity contribution in [3.63, 3.8) is 0 Å². The lowest BCUT2D eigenvalue weighted by Gasteiger charge is -2.14. The smallest absolute Gasteiger partial charge is 0.330 e. The van der Waals surface area contributed by atoms with Gasteiger partial charge in [0.2, 0.25) is 0 Å². The van der Waals surface area contributed by atoms with Crippen molar-refractivity contribution in [2.45, 2.75) is 19.4 Å².